The van der Waals surface area contributed by atoms with E-state index in [-0.39, 0.29) is 18.9 Å². The van der Waals surface area contributed by atoms with Gasteiger partial charge in [0.1, 0.15) is 0 Å². The SMILES string of the molecule is COC(=O)Cc1cc(CN)c(C#N)cc1Cl. The highest BCUT2D eigenvalue weighted by molar-refractivity contribution is 6.31. The van der Waals surface area contributed by atoms with E-state index >= 15 is 0 Å². The molecule has 16 heavy (non-hydrogen) atoms. The lowest BCUT2D eigenvalue weighted by molar-refractivity contribution is -0.139. The third-order valence-corrected chi connectivity index (χ3v) is 2.53. The number of esters is 1. The number of carbonyl (C=O) groups excluding carboxylic acids is 1. The van der Waals surface area contributed by atoms with Gasteiger partial charge in [-0.1, -0.05) is 17.7 Å². The molecule has 0 unspecified atom stereocenters. The summed E-state index contributed by atoms with van der Waals surface area (Å²) in [5.41, 5.74) is 7.22. The molecule has 1 aromatic carbocycles. The maximum atomic E-state index is 11.1. The molecular formula is C11H11ClN2O2. The van der Waals surface area contributed by atoms with Crippen LogP contribution in [0.4, 0.5) is 0 Å². The Kier molecular flexibility index (Phi) is 4.29. The molecule has 0 fully saturated rings. The van der Waals surface area contributed by atoms with Gasteiger partial charge in [0.25, 0.3) is 0 Å². The number of hydrogen-bond acceptors (Lipinski definition) is 4. The summed E-state index contributed by atoms with van der Waals surface area (Å²) in [6.45, 7) is 0.230. The maximum Gasteiger partial charge on any atom is 0.310 e. The summed E-state index contributed by atoms with van der Waals surface area (Å²) in [6, 6.07) is 5.18. The molecule has 0 bridgehead atoms. The lowest BCUT2D eigenvalue weighted by Crippen LogP contribution is -2.07. The molecule has 2 N–H and O–H groups in total. The fourth-order valence-electron chi connectivity index (χ4n) is 1.31. The Morgan fingerprint density at radius 3 is 2.75 bits per heavy atom. The van der Waals surface area contributed by atoms with Crippen molar-refractivity contribution in [1.29, 1.82) is 5.26 Å². The smallest absolute Gasteiger partial charge is 0.310 e. The van der Waals surface area contributed by atoms with Gasteiger partial charge in [-0.15, -0.1) is 0 Å². The van der Waals surface area contributed by atoms with E-state index in [0.29, 0.717) is 21.7 Å². The average molecular weight is 239 g/mol. The molecule has 0 spiro atoms. The Balaban J connectivity index is 3.12. The first-order chi connectivity index (χ1) is 7.62. The molecule has 5 heteroatoms. The first-order valence-electron chi connectivity index (χ1n) is 4.60. The van der Waals surface area contributed by atoms with Crippen LogP contribution in [0.2, 0.25) is 5.02 Å². The van der Waals surface area contributed by atoms with E-state index in [1.165, 1.54) is 13.2 Å². The van der Waals surface area contributed by atoms with Crippen molar-refractivity contribution in [3.8, 4) is 6.07 Å². The van der Waals surface area contributed by atoms with Gasteiger partial charge in [-0.05, 0) is 17.2 Å². The van der Waals surface area contributed by atoms with Gasteiger partial charge in [-0.2, -0.15) is 5.26 Å². The lowest BCUT2D eigenvalue weighted by atomic mass is 10.0. The number of nitriles is 1. The van der Waals surface area contributed by atoms with Crippen LogP contribution in [0.15, 0.2) is 12.1 Å². The van der Waals surface area contributed by atoms with Crippen molar-refractivity contribution in [3.63, 3.8) is 0 Å². The Morgan fingerprint density at radius 1 is 1.56 bits per heavy atom. The maximum absolute atomic E-state index is 11.1. The molecule has 0 aliphatic heterocycles. The van der Waals surface area contributed by atoms with Gasteiger partial charge >= 0.3 is 5.97 Å². The fraction of sp³-hybridized carbons (Fsp3) is 0.273. The molecule has 0 heterocycles. The topological polar surface area (TPSA) is 76.1 Å². The number of methoxy groups -OCH3 is 1. The van der Waals surface area contributed by atoms with Crippen molar-refractivity contribution >= 4 is 17.6 Å². The molecule has 0 amide bonds. The minimum absolute atomic E-state index is 0.0774. The van der Waals surface area contributed by atoms with Crippen molar-refractivity contribution in [3.05, 3.63) is 33.8 Å². The molecule has 0 aromatic heterocycles. The van der Waals surface area contributed by atoms with Crippen molar-refractivity contribution < 1.29 is 9.53 Å². The molecule has 0 radical (unpaired) electrons. The Bertz CT molecular complexity index is 452. The van der Waals surface area contributed by atoms with Crippen LogP contribution < -0.4 is 5.73 Å². The van der Waals surface area contributed by atoms with Gasteiger partial charge in [0, 0.05) is 11.6 Å². The molecule has 0 aliphatic carbocycles. The Hall–Kier alpha value is -1.57. The molecular weight excluding hydrogens is 228 g/mol. The predicted octanol–water partition coefficient (Wildman–Crippen LogP) is 1.39. The van der Waals surface area contributed by atoms with E-state index in [2.05, 4.69) is 4.74 Å². The summed E-state index contributed by atoms with van der Waals surface area (Å²) >= 11 is 5.94. The number of carbonyl (C=O) groups is 1. The van der Waals surface area contributed by atoms with E-state index < -0.39 is 0 Å². The summed E-state index contributed by atoms with van der Waals surface area (Å²) in [6.07, 6.45) is 0.0774. The van der Waals surface area contributed by atoms with Crippen LogP contribution in [-0.4, -0.2) is 13.1 Å². The molecule has 0 saturated carbocycles. The van der Waals surface area contributed by atoms with Gasteiger partial charge in [0.15, 0.2) is 0 Å². The van der Waals surface area contributed by atoms with Crippen LogP contribution in [0.3, 0.4) is 0 Å². The predicted molar refractivity (Wildman–Crippen MR) is 59.8 cm³/mol. The van der Waals surface area contributed by atoms with E-state index in [1.54, 1.807) is 6.07 Å². The molecule has 0 atom stereocenters. The molecule has 0 saturated heterocycles. The van der Waals surface area contributed by atoms with Crippen LogP contribution in [0.25, 0.3) is 0 Å². The van der Waals surface area contributed by atoms with Gasteiger partial charge in [0.05, 0.1) is 25.2 Å². The quantitative estimate of drug-likeness (QED) is 0.808. The zero-order valence-electron chi connectivity index (χ0n) is 8.79. The molecule has 1 aromatic rings. The van der Waals surface area contributed by atoms with Crippen LogP contribution in [-0.2, 0) is 22.5 Å². The van der Waals surface area contributed by atoms with E-state index in [0.717, 1.165) is 0 Å². The minimum atomic E-state index is -0.380. The van der Waals surface area contributed by atoms with Gasteiger partial charge in [-0.3, -0.25) is 4.79 Å². The van der Waals surface area contributed by atoms with E-state index in [4.69, 9.17) is 22.6 Å². The van der Waals surface area contributed by atoms with Gasteiger partial charge in [-0.25, -0.2) is 0 Å². The number of nitrogens with two attached hydrogens (primary N) is 1. The molecule has 4 nitrogen and oxygen atoms in total. The fourth-order valence-corrected chi connectivity index (χ4v) is 1.54. The Morgan fingerprint density at radius 2 is 2.25 bits per heavy atom. The largest absolute Gasteiger partial charge is 0.469 e. The van der Waals surface area contributed by atoms with Crippen LogP contribution in [0, 0.1) is 11.3 Å². The van der Waals surface area contributed by atoms with Gasteiger partial charge in [0.2, 0.25) is 0 Å². The first kappa shape index (κ1) is 12.5. The van der Waals surface area contributed by atoms with E-state index in [9.17, 15) is 4.79 Å². The summed E-state index contributed by atoms with van der Waals surface area (Å²) in [4.78, 5) is 11.1. The van der Waals surface area contributed by atoms with Crippen LogP contribution in [0.1, 0.15) is 16.7 Å². The van der Waals surface area contributed by atoms with Gasteiger partial charge < -0.3 is 10.5 Å². The number of ether oxygens (including phenoxy) is 1. The standard InChI is InChI=1S/C11H11ClN2O2/c1-16-11(15)4-7-2-8(5-13)9(6-14)3-10(7)12/h2-3H,4-5,13H2,1H3. The lowest BCUT2D eigenvalue weighted by Gasteiger charge is -2.07. The summed E-state index contributed by atoms with van der Waals surface area (Å²) in [7, 11) is 1.31. The van der Waals surface area contributed by atoms with Crippen molar-refractivity contribution in [2.75, 3.05) is 7.11 Å². The highest BCUT2D eigenvalue weighted by atomic mass is 35.5. The summed E-state index contributed by atoms with van der Waals surface area (Å²) < 4.78 is 4.55. The third kappa shape index (κ3) is 2.72. The normalized spacial score (nSPS) is 9.62. The zero-order chi connectivity index (χ0) is 12.1. The average Bonchev–Trinajstić information content (AvgIpc) is 2.30. The second kappa shape index (κ2) is 5.50. The highest BCUT2D eigenvalue weighted by Crippen LogP contribution is 2.22. The van der Waals surface area contributed by atoms with Crippen molar-refractivity contribution in [2.45, 2.75) is 13.0 Å². The second-order valence-electron chi connectivity index (χ2n) is 3.17. The summed E-state index contributed by atoms with van der Waals surface area (Å²) in [5, 5.41) is 9.21. The summed E-state index contributed by atoms with van der Waals surface area (Å²) in [5.74, 6) is -0.380. The minimum Gasteiger partial charge on any atom is -0.469 e. The molecule has 1 rings (SSSR count). The first-order valence-corrected chi connectivity index (χ1v) is 4.98. The molecule has 84 valence electrons. The van der Waals surface area contributed by atoms with Crippen molar-refractivity contribution in [2.24, 2.45) is 5.73 Å². The monoisotopic (exact) mass is 238 g/mol. The van der Waals surface area contributed by atoms with Crippen molar-refractivity contribution in [1.82, 2.24) is 0 Å². The highest BCUT2D eigenvalue weighted by Gasteiger charge is 2.11. The van der Waals surface area contributed by atoms with E-state index in [1.807, 2.05) is 6.07 Å². The third-order valence-electron chi connectivity index (χ3n) is 2.18. The van der Waals surface area contributed by atoms with Crippen LogP contribution >= 0.6 is 11.6 Å². The number of benzene rings is 1. The molecule has 0 aliphatic rings. The number of halogens is 1. The zero-order valence-corrected chi connectivity index (χ0v) is 9.54. The number of nitrogens with zero attached hydrogens (tertiary/aromatic N) is 1. The van der Waals surface area contributed by atoms with Crippen LogP contribution in [0.5, 0.6) is 0 Å². The Labute approximate surface area is 98.6 Å². The number of hydrogen-bond donors (Lipinski definition) is 1. The number of rotatable bonds is 3. The second-order valence-corrected chi connectivity index (χ2v) is 3.58.